The molecular formula is C12H14F2N4O5. The van der Waals surface area contributed by atoms with E-state index in [9.17, 15) is 28.0 Å². The van der Waals surface area contributed by atoms with Crippen molar-refractivity contribution in [1.29, 1.82) is 0 Å². The summed E-state index contributed by atoms with van der Waals surface area (Å²) in [6.07, 6.45) is -3.25. The second-order valence-corrected chi connectivity index (χ2v) is 5.06. The van der Waals surface area contributed by atoms with Gasteiger partial charge in [0, 0.05) is 12.0 Å². The molecule has 1 rings (SSSR count). The van der Waals surface area contributed by atoms with Crippen LogP contribution in [-0.4, -0.2) is 57.7 Å². The second kappa shape index (κ2) is 7.05. The third-order valence-corrected chi connectivity index (χ3v) is 3.59. The highest BCUT2D eigenvalue weighted by Crippen LogP contribution is 2.26. The number of halogens is 2. The molecular weight excluding hydrogens is 318 g/mol. The van der Waals surface area contributed by atoms with Crippen molar-refractivity contribution in [3.05, 3.63) is 5.53 Å². The molecule has 3 N–H and O–H groups in total. The van der Waals surface area contributed by atoms with Crippen LogP contribution in [0.4, 0.5) is 8.78 Å². The Morgan fingerprint density at radius 3 is 2.30 bits per heavy atom. The van der Waals surface area contributed by atoms with Crippen LogP contribution in [0.25, 0.3) is 5.53 Å². The number of β-lactam (4-membered cyclic amide) rings is 1. The van der Waals surface area contributed by atoms with Gasteiger partial charge in [0.2, 0.25) is 5.91 Å². The molecule has 0 aliphatic carbocycles. The number of alkyl halides is 2. The van der Waals surface area contributed by atoms with Crippen LogP contribution in [-0.2, 0) is 19.2 Å². The standard InChI is InChI=1S/C12H14F2N4O5/c1-3(8(19)7(18-15)12(22)23)6-5(10(20)17-6)4(2)16-11(21)9(13)14/h3-6,9H,1-2H3,(H,16,21)(H,17,20)(H,22,23)/t3?,4-,5-,6-/m1/s1. The van der Waals surface area contributed by atoms with Crippen molar-refractivity contribution >= 4 is 29.3 Å². The van der Waals surface area contributed by atoms with Gasteiger partial charge in [-0.25, -0.2) is 4.79 Å². The van der Waals surface area contributed by atoms with Crippen LogP contribution in [0.1, 0.15) is 13.8 Å². The van der Waals surface area contributed by atoms with E-state index in [4.69, 9.17) is 10.6 Å². The maximum absolute atomic E-state index is 12.2. The first-order valence-corrected chi connectivity index (χ1v) is 6.50. The molecule has 11 heteroatoms. The minimum absolute atomic E-state index is 0.575. The maximum Gasteiger partial charge on any atom is 0.441 e. The van der Waals surface area contributed by atoms with E-state index in [2.05, 4.69) is 10.1 Å². The molecule has 0 saturated carbocycles. The highest BCUT2D eigenvalue weighted by atomic mass is 19.3. The van der Waals surface area contributed by atoms with Gasteiger partial charge in [-0.3, -0.25) is 14.4 Å². The lowest BCUT2D eigenvalue weighted by Crippen LogP contribution is -2.68. The van der Waals surface area contributed by atoms with Crippen LogP contribution in [0.2, 0.25) is 0 Å². The van der Waals surface area contributed by atoms with Gasteiger partial charge in [0.1, 0.15) is 0 Å². The van der Waals surface area contributed by atoms with Gasteiger partial charge in [-0.2, -0.15) is 13.6 Å². The van der Waals surface area contributed by atoms with Gasteiger partial charge in [-0.1, -0.05) is 6.92 Å². The molecule has 1 aliphatic heterocycles. The Morgan fingerprint density at radius 1 is 1.35 bits per heavy atom. The molecule has 1 fully saturated rings. The number of hydrogen-bond acceptors (Lipinski definition) is 4. The molecule has 0 aromatic rings. The molecule has 0 bridgehead atoms. The molecule has 2 amide bonds. The fourth-order valence-corrected chi connectivity index (χ4v) is 2.34. The monoisotopic (exact) mass is 332 g/mol. The number of carboxylic acids is 1. The summed E-state index contributed by atoms with van der Waals surface area (Å²) >= 11 is 0. The van der Waals surface area contributed by atoms with E-state index in [1.807, 2.05) is 5.32 Å². The second-order valence-electron chi connectivity index (χ2n) is 5.06. The Morgan fingerprint density at radius 2 is 1.91 bits per heavy atom. The summed E-state index contributed by atoms with van der Waals surface area (Å²) < 4.78 is 24.4. The van der Waals surface area contributed by atoms with E-state index in [0.29, 0.717) is 0 Å². The number of hydrogen-bond donors (Lipinski definition) is 3. The number of carbonyl (C=O) groups is 4. The molecule has 1 heterocycles. The van der Waals surface area contributed by atoms with Gasteiger partial charge in [0.05, 0.1) is 12.0 Å². The lowest BCUT2D eigenvalue weighted by molar-refractivity contribution is -0.142. The van der Waals surface area contributed by atoms with Crippen LogP contribution in [0.3, 0.4) is 0 Å². The average Bonchev–Trinajstić information content (AvgIpc) is 2.43. The molecule has 0 spiro atoms. The topological polar surface area (TPSA) is 149 Å². The number of rotatable bonds is 7. The van der Waals surface area contributed by atoms with Crippen LogP contribution >= 0.6 is 0 Å². The van der Waals surface area contributed by atoms with Gasteiger partial charge in [0.25, 0.3) is 11.7 Å². The SMILES string of the molecule is CC(C(=O)C(=[N+]=[N-])C(=O)O)[C@H]1NC(=O)[C@@H]1[C@@H](C)NC(=O)C(F)F. The maximum atomic E-state index is 12.2. The Bertz CT molecular complexity index is 602. The summed E-state index contributed by atoms with van der Waals surface area (Å²) in [7, 11) is 0. The Labute approximate surface area is 128 Å². The fraction of sp³-hybridized carbons (Fsp3) is 0.583. The Hall–Kier alpha value is -2.68. The van der Waals surface area contributed by atoms with Gasteiger partial charge < -0.3 is 21.3 Å². The number of carboxylic acid groups (broad SMARTS) is 1. The summed E-state index contributed by atoms with van der Waals surface area (Å²) in [5.41, 5.74) is 7.44. The predicted octanol–water partition coefficient (Wildman–Crippen LogP) is -1.17. The van der Waals surface area contributed by atoms with Crippen LogP contribution < -0.4 is 10.6 Å². The van der Waals surface area contributed by atoms with Crippen molar-refractivity contribution in [2.45, 2.75) is 32.4 Å². The van der Waals surface area contributed by atoms with E-state index in [1.54, 1.807) is 0 Å². The average molecular weight is 332 g/mol. The fourth-order valence-electron chi connectivity index (χ4n) is 2.34. The van der Waals surface area contributed by atoms with Crippen molar-refractivity contribution < 1.29 is 37.9 Å². The smallest absolute Gasteiger partial charge is 0.441 e. The molecule has 0 radical (unpaired) electrons. The normalized spacial score (nSPS) is 22.2. The number of nitrogens with one attached hydrogen (secondary N) is 2. The first-order valence-electron chi connectivity index (χ1n) is 6.50. The highest BCUT2D eigenvalue weighted by Gasteiger charge is 2.50. The molecule has 1 aliphatic rings. The van der Waals surface area contributed by atoms with Gasteiger partial charge in [-0.15, -0.1) is 0 Å². The third kappa shape index (κ3) is 3.75. The van der Waals surface area contributed by atoms with E-state index in [-0.39, 0.29) is 0 Å². The van der Waals surface area contributed by atoms with Crippen LogP contribution in [0, 0.1) is 11.8 Å². The summed E-state index contributed by atoms with van der Waals surface area (Å²) in [6.45, 7) is 2.60. The Kier molecular flexibility index (Phi) is 5.63. The zero-order chi connectivity index (χ0) is 17.9. The van der Waals surface area contributed by atoms with Crippen molar-refractivity contribution in [3.63, 3.8) is 0 Å². The zero-order valence-electron chi connectivity index (χ0n) is 12.1. The molecule has 1 saturated heterocycles. The molecule has 0 aromatic carbocycles. The predicted molar refractivity (Wildman–Crippen MR) is 69.5 cm³/mol. The van der Waals surface area contributed by atoms with Crippen LogP contribution in [0.15, 0.2) is 0 Å². The summed E-state index contributed by atoms with van der Waals surface area (Å²) in [6, 6.07) is -1.89. The largest absolute Gasteiger partial charge is 0.472 e. The molecule has 9 nitrogen and oxygen atoms in total. The highest BCUT2D eigenvalue weighted by molar-refractivity contribution is 6.62. The molecule has 1 unspecified atom stereocenters. The molecule has 23 heavy (non-hydrogen) atoms. The van der Waals surface area contributed by atoms with E-state index in [1.165, 1.54) is 13.8 Å². The van der Waals surface area contributed by atoms with E-state index < -0.39 is 59.6 Å². The lowest BCUT2D eigenvalue weighted by Gasteiger charge is -2.42. The molecule has 0 aromatic heterocycles. The van der Waals surface area contributed by atoms with Crippen LogP contribution in [0.5, 0.6) is 0 Å². The van der Waals surface area contributed by atoms with Crippen molar-refractivity contribution in [1.82, 2.24) is 10.6 Å². The van der Waals surface area contributed by atoms with E-state index >= 15 is 0 Å². The first kappa shape index (κ1) is 18.4. The zero-order valence-corrected chi connectivity index (χ0v) is 12.1. The number of Topliss-reactive ketones (excluding diaryl/α,β-unsaturated/α-hetero) is 1. The van der Waals surface area contributed by atoms with E-state index in [0.717, 1.165) is 0 Å². The molecule has 4 atom stereocenters. The summed E-state index contributed by atoms with van der Waals surface area (Å²) in [5, 5.41) is 13.0. The van der Waals surface area contributed by atoms with Crippen molar-refractivity contribution in [2.75, 3.05) is 0 Å². The van der Waals surface area contributed by atoms with Gasteiger partial charge >= 0.3 is 18.1 Å². The number of amides is 2. The summed E-state index contributed by atoms with van der Waals surface area (Å²) in [5.74, 6) is -7.00. The van der Waals surface area contributed by atoms with Crippen molar-refractivity contribution in [2.24, 2.45) is 11.8 Å². The van der Waals surface area contributed by atoms with Gasteiger partial charge in [0.15, 0.2) is 0 Å². The number of aliphatic carboxylic acids is 1. The number of nitrogens with zero attached hydrogens (tertiary/aromatic N) is 2. The Balaban J connectivity index is 2.86. The van der Waals surface area contributed by atoms with Crippen molar-refractivity contribution in [3.8, 4) is 0 Å². The minimum Gasteiger partial charge on any atom is -0.472 e. The lowest BCUT2D eigenvalue weighted by atomic mass is 9.75. The minimum atomic E-state index is -3.25. The number of ketones is 1. The van der Waals surface area contributed by atoms with Gasteiger partial charge in [-0.05, 0) is 6.92 Å². The first-order chi connectivity index (χ1) is 10.6. The third-order valence-electron chi connectivity index (χ3n) is 3.59. The summed E-state index contributed by atoms with van der Waals surface area (Å²) in [4.78, 5) is 47.6. The molecule has 126 valence electrons. The number of carbonyl (C=O) groups excluding carboxylic acids is 3. The quantitative estimate of drug-likeness (QED) is 0.177.